The number of nitriles is 1. The molecule has 0 spiro atoms. The summed E-state index contributed by atoms with van der Waals surface area (Å²) < 4.78 is 7.11. The van der Waals surface area contributed by atoms with Crippen LogP contribution in [0.15, 0.2) is 39.9 Å². The molecule has 156 valence electrons. The number of aromatic amines is 1. The molecule has 2 heterocycles. The predicted molar refractivity (Wildman–Crippen MR) is 113 cm³/mol. The van der Waals surface area contributed by atoms with Gasteiger partial charge in [0.2, 0.25) is 11.6 Å². The van der Waals surface area contributed by atoms with E-state index in [0.29, 0.717) is 23.6 Å². The average Bonchev–Trinajstić information content (AvgIpc) is 2.91. The van der Waals surface area contributed by atoms with Gasteiger partial charge in [0.05, 0.1) is 5.69 Å². The number of aryl methyl sites for hydroxylation is 3. The Morgan fingerprint density at radius 2 is 1.84 bits per heavy atom. The third-order valence-corrected chi connectivity index (χ3v) is 5.04. The van der Waals surface area contributed by atoms with Crippen molar-refractivity contribution in [3.8, 4) is 23.3 Å². The molecule has 0 bridgehead atoms. The van der Waals surface area contributed by atoms with Crippen LogP contribution in [0.2, 0.25) is 0 Å². The lowest BCUT2D eigenvalue weighted by atomic mass is 10.1. The van der Waals surface area contributed by atoms with Crippen LogP contribution < -0.4 is 21.3 Å². The van der Waals surface area contributed by atoms with E-state index in [0.717, 1.165) is 39.9 Å². The summed E-state index contributed by atoms with van der Waals surface area (Å²) in [4.78, 5) is 37.6. The highest BCUT2D eigenvalue weighted by molar-refractivity contribution is 5.92. The number of fused-ring (bicyclic) bond motifs is 1. The average molecular weight is 417 g/mol. The molecule has 0 atom stereocenters. The SMILES string of the molecule is Cc1cc(-n2nc(C#N)c(=O)[nH]c2=O)cc(C)c1Oc1ccc2c(c1)CCCC(=O)N2. The molecule has 31 heavy (non-hydrogen) atoms. The lowest BCUT2D eigenvalue weighted by molar-refractivity contribution is -0.116. The van der Waals surface area contributed by atoms with Crippen molar-refractivity contribution in [1.29, 1.82) is 5.26 Å². The second kappa shape index (κ2) is 7.91. The first-order valence-electron chi connectivity index (χ1n) is 9.71. The molecule has 9 nitrogen and oxygen atoms in total. The Labute approximate surface area is 176 Å². The second-order valence-electron chi connectivity index (χ2n) is 7.36. The zero-order valence-electron chi connectivity index (χ0n) is 17.0. The molecular weight excluding hydrogens is 398 g/mol. The second-order valence-corrected chi connectivity index (χ2v) is 7.36. The third kappa shape index (κ3) is 3.96. The molecule has 1 amide bonds. The Morgan fingerprint density at radius 3 is 2.55 bits per heavy atom. The van der Waals surface area contributed by atoms with Crippen molar-refractivity contribution in [2.45, 2.75) is 33.1 Å². The van der Waals surface area contributed by atoms with E-state index in [1.165, 1.54) is 0 Å². The van der Waals surface area contributed by atoms with Gasteiger partial charge in [0.15, 0.2) is 0 Å². The number of ether oxygens (including phenoxy) is 1. The number of anilines is 1. The summed E-state index contributed by atoms with van der Waals surface area (Å²) in [6.45, 7) is 3.66. The van der Waals surface area contributed by atoms with Crippen molar-refractivity contribution in [1.82, 2.24) is 14.8 Å². The van der Waals surface area contributed by atoms with E-state index < -0.39 is 16.9 Å². The smallest absolute Gasteiger partial charge is 0.349 e. The molecule has 0 saturated carbocycles. The van der Waals surface area contributed by atoms with Crippen LogP contribution in [0.5, 0.6) is 11.5 Å². The van der Waals surface area contributed by atoms with Crippen LogP contribution in [0.4, 0.5) is 5.69 Å². The van der Waals surface area contributed by atoms with Gasteiger partial charge in [0.1, 0.15) is 17.6 Å². The number of amides is 1. The van der Waals surface area contributed by atoms with Gasteiger partial charge in [-0.15, -0.1) is 5.10 Å². The number of carbonyl (C=O) groups is 1. The maximum Gasteiger partial charge on any atom is 0.349 e. The molecule has 0 aliphatic carbocycles. The Hall–Kier alpha value is -4.19. The molecule has 4 rings (SSSR count). The van der Waals surface area contributed by atoms with Crippen molar-refractivity contribution < 1.29 is 9.53 Å². The number of nitrogens with zero attached hydrogens (tertiary/aromatic N) is 3. The Kier molecular flexibility index (Phi) is 5.13. The maximum absolute atomic E-state index is 12.2. The van der Waals surface area contributed by atoms with E-state index >= 15 is 0 Å². The molecule has 1 aliphatic rings. The number of aromatic nitrogens is 3. The van der Waals surface area contributed by atoms with Crippen LogP contribution in [0, 0.1) is 25.2 Å². The molecule has 1 aromatic heterocycles. The first-order valence-corrected chi connectivity index (χ1v) is 9.71. The highest BCUT2D eigenvalue weighted by Gasteiger charge is 2.16. The first kappa shape index (κ1) is 20.1. The van der Waals surface area contributed by atoms with Crippen LogP contribution in [0.25, 0.3) is 5.69 Å². The minimum absolute atomic E-state index is 0.0142. The van der Waals surface area contributed by atoms with Gasteiger partial charge >= 0.3 is 5.69 Å². The number of nitrogens with one attached hydrogen (secondary N) is 2. The normalized spacial score (nSPS) is 13.0. The van der Waals surface area contributed by atoms with Gasteiger partial charge in [0.25, 0.3) is 5.56 Å². The van der Waals surface area contributed by atoms with E-state index in [2.05, 4.69) is 15.4 Å². The van der Waals surface area contributed by atoms with E-state index in [1.54, 1.807) is 24.3 Å². The van der Waals surface area contributed by atoms with Crippen molar-refractivity contribution >= 4 is 11.6 Å². The van der Waals surface area contributed by atoms with Gasteiger partial charge < -0.3 is 10.1 Å². The number of H-pyrrole nitrogens is 1. The van der Waals surface area contributed by atoms with Crippen LogP contribution in [0.1, 0.15) is 35.2 Å². The van der Waals surface area contributed by atoms with Gasteiger partial charge in [-0.3, -0.25) is 14.6 Å². The molecule has 0 fully saturated rings. The lowest BCUT2D eigenvalue weighted by Gasteiger charge is -2.15. The quantitative estimate of drug-likeness (QED) is 0.673. The monoisotopic (exact) mass is 417 g/mol. The number of hydrogen-bond acceptors (Lipinski definition) is 6. The zero-order valence-corrected chi connectivity index (χ0v) is 17.0. The molecule has 9 heteroatoms. The number of benzene rings is 2. The number of hydrogen-bond donors (Lipinski definition) is 2. The Bertz CT molecular complexity index is 1340. The van der Waals surface area contributed by atoms with Gasteiger partial charge in [-0.1, -0.05) is 0 Å². The minimum Gasteiger partial charge on any atom is -0.457 e. The summed E-state index contributed by atoms with van der Waals surface area (Å²) in [6, 6.07) is 10.6. The van der Waals surface area contributed by atoms with E-state index in [4.69, 9.17) is 10.00 Å². The van der Waals surface area contributed by atoms with E-state index in [-0.39, 0.29) is 5.91 Å². The van der Waals surface area contributed by atoms with E-state index in [1.807, 2.05) is 26.0 Å². The molecule has 1 aliphatic heterocycles. The highest BCUT2D eigenvalue weighted by atomic mass is 16.5. The van der Waals surface area contributed by atoms with Crippen molar-refractivity contribution in [3.63, 3.8) is 0 Å². The van der Waals surface area contributed by atoms with E-state index in [9.17, 15) is 14.4 Å². The van der Waals surface area contributed by atoms with Crippen LogP contribution >= 0.6 is 0 Å². The molecule has 0 radical (unpaired) electrons. The number of carbonyl (C=O) groups excluding carboxylic acids is 1. The first-order chi connectivity index (χ1) is 14.9. The fraction of sp³-hybridized carbons (Fsp3) is 0.227. The Morgan fingerprint density at radius 1 is 1.10 bits per heavy atom. The minimum atomic E-state index is -0.823. The molecule has 2 aromatic carbocycles. The van der Waals surface area contributed by atoms with Gasteiger partial charge in [-0.05, 0) is 73.7 Å². The van der Waals surface area contributed by atoms with Crippen molar-refractivity contribution in [2.75, 3.05) is 5.32 Å². The summed E-state index contributed by atoms with van der Waals surface area (Å²) in [5, 5.41) is 15.8. The van der Waals surface area contributed by atoms with Gasteiger partial charge in [-0.2, -0.15) is 9.94 Å². The lowest BCUT2D eigenvalue weighted by Crippen LogP contribution is -2.33. The summed E-state index contributed by atoms with van der Waals surface area (Å²) in [5.74, 6) is 1.28. The van der Waals surface area contributed by atoms with Crippen LogP contribution in [-0.4, -0.2) is 20.7 Å². The number of rotatable bonds is 3. The Balaban J connectivity index is 1.69. The molecule has 0 saturated heterocycles. The zero-order chi connectivity index (χ0) is 22.1. The summed E-state index contributed by atoms with van der Waals surface area (Å²) in [5.41, 5.74) is 1.77. The van der Waals surface area contributed by atoms with Crippen molar-refractivity contribution in [3.05, 3.63) is 73.6 Å². The summed E-state index contributed by atoms with van der Waals surface area (Å²) in [6.07, 6.45) is 2.06. The summed E-state index contributed by atoms with van der Waals surface area (Å²) in [7, 11) is 0. The predicted octanol–water partition coefficient (Wildman–Crippen LogP) is 2.48. The van der Waals surface area contributed by atoms with Crippen molar-refractivity contribution in [2.24, 2.45) is 0 Å². The maximum atomic E-state index is 12.2. The molecular formula is C22H19N5O4. The molecule has 2 N–H and O–H groups in total. The fourth-order valence-corrected chi connectivity index (χ4v) is 3.59. The summed E-state index contributed by atoms with van der Waals surface area (Å²) >= 11 is 0. The highest BCUT2D eigenvalue weighted by Crippen LogP contribution is 2.33. The fourth-order valence-electron chi connectivity index (χ4n) is 3.59. The van der Waals surface area contributed by atoms with Gasteiger partial charge in [-0.25, -0.2) is 4.79 Å². The molecule has 0 unspecified atom stereocenters. The standard InChI is InChI=1S/C22H19N5O4/c1-12-8-15(27-22(30)25-21(29)18(11-23)26-27)9-13(2)20(12)31-16-6-7-17-14(10-16)4-3-5-19(28)24-17/h6-10H,3-5H2,1-2H3,(H,24,28)(H,25,29,30). The van der Waals surface area contributed by atoms with Crippen LogP contribution in [-0.2, 0) is 11.2 Å². The topological polar surface area (TPSA) is 130 Å². The third-order valence-electron chi connectivity index (χ3n) is 5.04. The largest absolute Gasteiger partial charge is 0.457 e. The molecule has 3 aromatic rings. The van der Waals surface area contributed by atoms with Gasteiger partial charge in [0, 0.05) is 12.1 Å². The van der Waals surface area contributed by atoms with Crippen LogP contribution in [0.3, 0.4) is 0 Å².